The summed E-state index contributed by atoms with van der Waals surface area (Å²) in [5.41, 5.74) is 2.31. The van der Waals surface area contributed by atoms with Crippen molar-refractivity contribution in [3.63, 3.8) is 0 Å². The Morgan fingerprint density at radius 2 is 1.94 bits per heavy atom. The van der Waals surface area contributed by atoms with Crippen LogP contribution in [0.25, 0.3) is 0 Å². The number of benzene rings is 1. The lowest BCUT2D eigenvalue weighted by Crippen LogP contribution is -2.11. The Bertz CT molecular complexity index is 398. The van der Waals surface area contributed by atoms with Gasteiger partial charge < -0.3 is 14.3 Å². The number of hydrogen-bond donors (Lipinski definition) is 0. The Kier molecular flexibility index (Phi) is 3.13. The van der Waals surface area contributed by atoms with Crippen LogP contribution < -0.4 is 9.47 Å². The third-order valence-corrected chi connectivity index (χ3v) is 3.17. The van der Waals surface area contributed by atoms with Crippen molar-refractivity contribution in [1.29, 1.82) is 0 Å². The van der Waals surface area contributed by atoms with Gasteiger partial charge in [0, 0.05) is 5.92 Å². The molecular formula is C13H16O3. The molecule has 0 saturated carbocycles. The van der Waals surface area contributed by atoms with Gasteiger partial charge in [0.2, 0.25) is 0 Å². The summed E-state index contributed by atoms with van der Waals surface area (Å²) in [4.78, 5) is 11.0. The maximum Gasteiger partial charge on any atom is 0.161 e. The van der Waals surface area contributed by atoms with Crippen molar-refractivity contribution in [2.24, 2.45) is 0 Å². The van der Waals surface area contributed by atoms with Gasteiger partial charge in [-0.05, 0) is 42.5 Å². The first kappa shape index (κ1) is 11.0. The number of aldehydes is 1. The zero-order valence-corrected chi connectivity index (χ0v) is 9.66. The standard InChI is InChI=1S/C13H16O3/c1-15-12-6-9-4-3-5-10(8-14)11(9)7-13(12)16-2/h6-8,10H,3-5H2,1-2H3/t10-/m1/s1. The van der Waals surface area contributed by atoms with Crippen LogP contribution in [0.15, 0.2) is 12.1 Å². The Hall–Kier alpha value is -1.51. The van der Waals surface area contributed by atoms with Gasteiger partial charge in [-0.1, -0.05) is 0 Å². The Labute approximate surface area is 95.4 Å². The van der Waals surface area contributed by atoms with Crippen LogP contribution in [0.2, 0.25) is 0 Å². The van der Waals surface area contributed by atoms with Crippen molar-refractivity contribution in [1.82, 2.24) is 0 Å². The molecule has 0 aromatic heterocycles. The molecular weight excluding hydrogens is 204 g/mol. The van der Waals surface area contributed by atoms with Crippen LogP contribution >= 0.6 is 0 Å². The molecule has 1 aromatic carbocycles. The predicted molar refractivity (Wildman–Crippen MR) is 61.3 cm³/mol. The number of ether oxygens (including phenoxy) is 2. The van der Waals surface area contributed by atoms with E-state index >= 15 is 0 Å². The Morgan fingerprint density at radius 3 is 2.56 bits per heavy atom. The van der Waals surface area contributed by atoms with E-state index in [-0.39, 0.29) is 5.92 Å². The summed E-state index contributed by atoms with van der Waals surface area (Å²) in [5, 5.41) is 0. The second-order valence-corrected chi connectivity index (χ2v) is 4.04. The summed E-state index contributed by atoms with van der Waals surface area (Å²) in [6.45, 7) is 0. The van der Waals surface area contributed by atoms with Crippen LogP contribution in [0.1, 0.15) is 29.9 Å². The molecule has 3 nitrogen and oxygen atoms in total. The van der Waals surface area contributed by atoms with Crippen LogP contribution in [0.5, 0.6) is 11.5 Å². The highest BCUT2D eigenvalue weighted by molar-refractivity contribution is 5.66. The highest BCUT2D eigenvalue weighted by Crippen LogP contribution is 2.38. The van der Waals surface area contributed by atoms with Gasteiger partial charge in [0.15, 0.2) is 11.5 Å². The highest BCUT2D eigenvalue weighted by atomic mass is 16.5. The zero-order valence-electron chi connectivity index (χ0n) is 9.66. The summed E-state index contributed by atoms with van der Waals surface area (Å²) in [5.74, 6) is 1.46. The summed E-state index contributed by atoms with van der Waals surface area (Å²) in [6, 6.07) is 3.93. The molecule has 0 heterocycles. The summed E-state index contributed by atoms with van der Waals surface area (Å²) >= 11 is 0. The molecule has 0 N–H and O–H groups in total. The number of methoxy groups -OCH3 is 2. The third-order valence-electron chi connectivity index (χ3n) is 3.17. The maximum absolute atomic E-state index is 11.0. The Balaban J connectivity index is 2.50. The zero-order chi connectivity index (χ0) is 11.5. The minimum absolute atomic E-state index is 0.0172. The lowest BCUT2D eigenvalue weighted by atomic mass is 9.83. The van der Waals surface area contributed by atoms with Crippen molar-refractivity contribution in [3.05, 3.63) is 23.3 Å². The quantitative estimate of drug-likeness (QED) is 0.733. The molecule has 0 aliphatic heterocycles. The van der Waals surface area contributed by atoms with E-state index in [0.717, 1.165) is 36.9 Å². The molecule has 1 aliphatic rings. The van der Waals surface area contributed by atoms with Gasteiger partial charge in [-0.2, -0.15) is 0 Å². The van der Waals surface area contributed by atoms with Crippen LogP contribution in [-0.2, 0) is 11.2 Å². The number of fused-ring (bicyclic) bond motifs is 1. The van der Waals surface area contributed by atoms with Crippen molar-refractivity contribution in [2.45, 2.75) is 25.2 Å². The molecule has 1 aromatic rings. The van der Waals surface area contributed by atoms with E-state index < -0.39 is 0 Å². The number of carbonyl (C=O) groups is 1. The lowest BCUT2D eigenvalue weighted by Gasteiger charge is -2.23. The summed E-state index contributed by atoms with van der Waals surface area (Å²) < 4.78 is 10.5. The normalized spacial score (nSPS) is 18.8. The van der Waals surface area contributed by atoms with Crippen LogP contribution in [-0.4, -0.2) is 20.5 Å². The topological polar surface area (TPSA) is 35.5 Å². The fraction of sp³-hybridized carbons (Fsp3) is 0.462. The molecule has 0 fully saturated rings. The van der Waals surface area contributed by atoms with E-state index in [2.05, 4.69) is 0 Å². The van der Waals surface area contributed by atoms with Crippen LogP contribution in [0.4, 0.5) is 0 Å². The van der Waals surface area contributed by atoms with Crippen LogP contribution in [0, 0.1) is 0 Å². The number of aryl methyl sites for hydroxylation is 1. The van der Waals surface area contributed by atoms with Gasteiger partial charge in [-0.15, -0.1) is 0 Å². The monoisotopic (exact) mass is 220 g/mol. The molecule has 86 valence electrons. The number of carbonyl (C=O) groups excluding carboxylic acids is 1. The van der Waals surface area contributed by atoms with Gasteiger partial charge >= 0.3 is 0 Å². The Morgan fingerprint density at radius 1 is 1.25 bits per heavy atom. The second kappa shape index (κ2) is 4.56. The molecule has 3 heteroatoms. The number of rotatable bonds is 3. The van der Waals surface area contributed by atoms with Gasteiger partial charge in [0.05, 0.1) is 14.2 Å². The SMILES string of the molecule is COc1cc2c(cc1OC)[C@@H](C=O)CCC2. The third kappa shape index (κ3) is 1.77. The van der Waals surface area contributed by atoms with Gasteiger partial charge in [0.1, 0.15) is 6.29 Å². The fourth-order valence-corrected chi connectivity index (χ4v) is 2.31. The van der Waals surface area contributed by atoms with Gasteiger partial charge in [-0.25, -0.2) is 0 Å². The molecule has 1 aliphatic carbocycles. The second-order valence-electron chi connectivity index (χ2n) is 4.04. The van der Waals surface area contributed by atoms with E-state index in [4.69, 9.17) is 9.47 Å². The van der Waals surface area contributed by atoms with Gasteiger partial charge in [-0.3, -0.25) is 0 Å². The molecule has 1 atom stereocenters. The average molecular weight is 220 g/mol. The first-order valence-electron chi connectivity index (χ1n) is 5.50. The predicted octanol–water partition coefficient (Wildman–Crippen LogP) is 2.32. The minimum Gasteiger partial charge on any atom is -0.493 e. The van der Waals surface area contributed by atoms with E-state index in [1.54, 1.807) is 14.2 Å². The van der Waals surface area contributed by atoms with E-state index in [9.17, 15) is 4.79 Å². The molecule has 0 unspecified atom stereocenters. The molecule has 0 spiro atoms. The van der Waals surface area contributed by atoms with Crippen LogP contribution in [0.3, 0.4) is 0 Å². The highest BCUT2D eigenvalue weighted by Gasteiger charge is 2.22. The van der Waals surface area contributed by atoms with Crippen molar-refractivity contribution in [3.8, 4) is 11.5 Å². The van der Waals surface area contributed by atoms with E-state index in [0.29, 0.717) is 5.75 Å². The first-order chi connectivity index (χ1) is 7.80. The fourth-order valence-electron chi connectivity index (χ4n) is 2.31. The molecule has 0 amide bonds. The summed E-state index contributed by atoms with van der Waals surface area (Å²) in [6.07, 6.45) is 4.04. The lowest BCUT2D eigenvalue weighted by molar-refractivity contribution is -0.109. The van der Waals surface area contributed by atoms with Crippen molar-refractivity contribution >= 4 is 6.29 Å². The maximum atomic E-state index is 11.0. The van der Waals surface area contributed by atoms with Gasteiger partial charge in [0.25, 0.3) is 0 Å². The van der Waals surface area contributed by atoms with E-state index in [1.165, 1.54) is 5.56 Å². The minimum atomic E-state index is 0.0172. The molecule has 2 rings (SSSR count). The molecule has 0 radical (unpaired) electrons. The number of hydrogen-bond acceptors (Lipinski definition) is 3. The smallest absolute Gasteiger partial charge is 0.161 e. The average Bonchev–Trinajstić information content (AvgIpc) is 2.36. The summed E-state index contributed by atoms with van der Waals surface area (Å²) in [7, 11) is 3.24. The molecule has 16 heavy (non-hydrogen) atoms. The first-order valence-corrected chi connectivity index (χ1v) is 5.50. The molecule has 0 saturated heterocycles. The largest absolute Gasteiger partial charge is 0.493 e. The van der Waals surface area contributed by atoms with Crippen molar-refractivity contribution in [2.75, 3.05) is 14.2 Å². The van der Waals surface area contributed by atoms with E-state index in [1.807, 2.05) is 12.1 Å². The van der Waals surface area contributed by atoms with Crippen molar-refractivity contribution < 1.29 is 14.3 Å². The molecule has 0 bridgehead atoms.